The molecule has 25 heavy (non-hydrogen) atoms. The Morgan fingerprint density at radius 2 is 2.04 bits per heavy atom. The monoisotopic (exact) mass is 348 g/mol. The maximum absolute atomic E-state index is 12.6. The molecule has 1 atom stereocenters. The second kappa shape index (κ2) is 7.27. The first-order valence-electron chi connectivity index (χ1n) is 8.16. The molecule has 1 aliphatic carbocycles. The lowest BCUT2D eigenvalue weighted by molar-refractivity contribution is -0.137. The van der Waals surface area contributed by atoms with Gasteiger partial charge in [0.1, 0.15) is 5.75 Å². The summed E-state index contributed by atoms with van der Waals surface area (Å²) < 4.78 is 43.2. The topological polar surface area (TPSA) is 48.1 Å². The number of rotatable bonds is 3. The van der Waals surface area contributed by atoms with Crippen molar-refractivity contribution in [3.05, 3.63) is 59.3 Å². The summed E-state index contributed by atoms with van der Waals surface area (Å²) in [4.78, 5) is 3.72. The molecular formula is C19H19F3N2O. The van der Waals surface area contributed by atoms with Crippen molar-refractivity contribution in [2.45, 2.75) is 37.9 Å². The van der Waals surface area contributed by atoms with Gasteiger partial charge in [-0.3, -0.25) is 0 Å². The second-order valence-corrected chi connectivity index (χ2v) is 6.22. The summed E-state index contributed by atoms with van der Waals surface area (Å²) in [5.74, 6) is 0.652. The third kappa shape index (κ3) is 4.82. The van der Waals surface area contributed by atoms with E-state index >= 15 is 0 Å². The van der Waals surface area contributed by atoms with Crippen molar-refractivity contribution < 1.29 is 17.9 Å². The number of aromatic nitrogens is 1. The summed E-state index contributed by atoms with van der Waals surface area (Å²) in [6, 6.07) is 9.77. The van der Waals surface area contributed by atoms with Gasteiger partial charge in [-0.15, -0.1) is 0 Å². The highest BCUT2D eigenvalue weighted by atomic mass is 19.4. The van der Waals surface area contributed by atoms with Crippen LogP contribution in [0, 0.1) is 0 Å². The molecule has 0 spiro atoms. The summed E-state index contributed by atoms with van der Waals surface area (Å²) in [7, 11) is 0. The third-order valence-corrected chi connectivity index (χ3v) is 4.11. The quantitative estimate of drug-likeness (QED) is 0.832. The number of nitrogens with two attached hydrogens (primary N) is 1. The minimum absolute atomic E-state index is 0.123. The molecule has 3 nitrogen and oxygen atoms in total. The molecule has 6 heteroatoms. The first-order valence-corrected chi connectivity index (χ1v) is 8.16. The number of benzene rings is 1. The zero-order valence-corrected chi connectivity index (χ0v) is 13.6. The maximum atomic E-state index is 12.6. The summed E-state index contributed by atoms with van der Waals surface area (Å²) >= 11 is 0. The highest BCUT2D eigenvalue weighted by molar-refractivity contribution is 5.55. The molecule has 3 rings (SSSR count). The molecule has 0 amide bonds. The second-order valence-electron chi connectivity index (χ2n) is 6.22. The molecule has 2 N–H and O–H groups in total. The Kier molecular flexibility index (Phi) is 5.08. The molecule has 1 aliphatic rings. The Morgan fingerprint density at radius 3 is 2.72 bits per heavy atom. The minimum atomic E-state index is -4.40. The van der Waals surface area contributed by atoms with Gasteiger partial charge in [0.2, 0.25) is 5.88 Å². The Morgan fingerprint density at radius 1 is 1.20 bits per heavy atom. The van der Waals surface area contributed by atoms with E-state index in [9.17, 15) is 13.2 Å². The third-order valence-electron chi connectivity index (χ3n) is 4.11. The van der Waals surface area contributed by atoms with Crippen LogP contribution in [0.2, 0.25) is 0 Å². The van der Waals surface area contributed by atoms with Crippen LogP contribution in [0.25, 0.3) is 6.08 Å². The van der Waals surface area contributed by atoms with E-state index < -0.39 is 11.7 Å². The van der Waals surface area contributed by atoms with Gasteiger partial charge < -0.3 is 10.5 Å². The van der Waals surface area contributed by atoms with Gasteiger partial charge in [-0.25, -0.2) is 4.98 Å². The molecular weight excluding hydrogens is 329 g/mol. The highest BCUT2D eigenvalue weighted by Gasteiger charge is 2.30. The Hall–Kier alpha value is -2.34. The van der Waals surface area contributed by atoms with Gasteiger partial charge in [-0.1, -0.05) is 23.8 Å². The number of hydrogen-bond acceptors (Lipinski definition) is 3. The maximum Gasteiger partial charge on any atom is 0.417 e. The average Bonchev–Trinajstić information content (AvgIpc) is 2.55. The van der Waals surface area contributed by atoms with E-state index in [2.05, 4.69) is 11.1 Å². The molecule has 1 heterocycles. The lowest BCUT2D eigenvalue weighted by Gasteiger charge is -2.20. The van der Waals surface area contributed by atoms with Gasteiger partial charge >= 0.3 is 6.18 Å². The molecule has 0 saturated heterocycles. The summed E-state index contributed by atoms with van der Waals surface area (Å²) in [5, 5.41) is 0. The van der Waals surface area contributed by atoms with Crippen LogP contribution in [-0.2, 0) is 6.18 Å². The lowest BCUT2D eigenvalue weighted by Crippen LogP contribution is -2.23. The Labute approximate surface area is 144 Å². The van der Waals surface area contributed by atoms with E-state index in [1.54, 1.807) is 6.07 Å². The van der Waals surface area contributed by atoms with E-state index in [1.807, 2.05) is 18.2 Å². The van der Waals surface area contributed by atoms with Crippen molar-refractivity contribution >= 4 is 6.08 Å². The molecule has 132 valence electrons. The number of hydrogen-bond donors (Lipinski definition) is 1. The van der Waals surface area contributed by atoms with Crippen LogP contribution in [0.4, 0.5) is 13.2 Å². The van der Waals surface area contributed by atoms with Gasteiger partial charge in [0.25, 0.3) is 0 Å². The van der Waals surface area contributed by atoms with Gasteiger partial charge in [0.15, 0.2) is 0 Å². The average molecular weight is 348 g/mol. The van der Waals surface area contributed by atoms with E-state index in [0.717, 1.165) is 43.5 Å². The first kappa shape index (κ1) is 17.5. The number of nitrogens with zero attached hydrogens (tertiary/aromatic N) is 1. The number of pyridine rings is 1. The smallest absolute Gasteiger partial charge is 0.417 e. The fourth-order valence-corrected chi connectivity index (χ4v) is 2.90. The standard InChI is InChI=1S/C19H19F3N2O/c20-19(21,22)15-7-8-18(24-12-15)25-17-6-2-4-14(11-17)9-13-3-1-5-16(23)10-13/h2,4,6-9,11-12,16H,1,3,5,10,23H2. The molecule has 1 aromatic heterocycles. The van der Waals surface area contributed by atoms with Crippen LogP contribution in [0.3, 0.4) is 0 Å². The lowest BCUT2D eigenvalue weighted by atomic mass is 9.90. The number of halogens is 3. The molecule has 1 fully saturated rings. The molecule has 0 radical (unpaired) electrons. The van der Waals surface area contributed by atoms with Crippen molar-refractivity contribution in [2.24, 2.45) is 5.73 Å². The minimum Gasteiger partial charge on any atom is -0.439 e. The number of alkyl halides is 3. The zero-order chi connectivity index (χ0) is 17.9. The van der Waals surface area contributed by atoms with Crippen molar-refractivity contribution in [1.29, 1.82) is 0 Å². The van der Waals surface area contributed by atoms with Crippen molar-refractivity contribution in [3.63, 3.8) is 0 Å². The van der Waals surface area contributed by atoms with Gasteiger partial charge in [0.05, 0.1) is 5.56 Å². The van der Waals surface area contributed by atoms with Crippen LogP contribution in [0.15, 0.2) is 48.2 Å². The van der Waals surface area contributed by atoms with E-state index in [1.165, 1.54) is 11.6 Å². The predicted octanol–water partition coefficient (Wildman–Crippen LogP) is 5.18. The van der Waals surface area contributed by atoms with Crippen molar-refractivity contribution in [3.8, 4) is 11.6 Å². The molecule has 0 aliphatic heterocycles. The Balaban J connectivity index is 1.72. The van der Waals surface area contributed by atoms with E-state index in [0.29, 0.717) is 5.75 Å². The highest BCUT2D eigenvalue weighted by Crippen LogP contribution is 2.30. The van der Waals surface area contributed by atoms with Crippen LogP contribution < -0.4 is 10.5 Å². The van der Waals surface area contributed by atoms with Gasteiger partial charge in [-0.05, 0) is 49.4 Å². The molecule has 1 aromatic carbocycles. The predicted molar refractivity (Wildman–Crippen MR) is 90.2 cm³/mol. The summed E-state index contributed by atoms with van der Waals surface area (Å²) in [6.45, 7) is 0. The first-order chi connectivity index (χ1) is 11.9. The van der Waals surface area contributed by atoms with Crippen molar-refractivity contribution in [1.82, 2.24) is 4.98 Å². The summed E-state index contributed by atoms with van der Waals surface area (Å²) in [6.07, 6.45) is 2.55. The fraction of sp³-hybridized carbons (Fsp3) is 0.316. The Bertz CT molecular complexity index is 754. The molecule has 1 saturated carbocycles. The molecule has 2 aromatic rings. The normalized spacial score (nSPS) is 19.8. The van der Waals surface area contributed by atoms with Crippen LogP contribution in [0.1, 0.15) is 36.8 Å². The van der Waals surface area contributed by atoms with Crippen LogP contribution >= 0.6 is 0 Å². The zero-order valence-electron chi connectivity index (χ0n) is 13.6. The van der Waals surface area contributed by atoms with Gasteiger partial charge in [-0.2, -0.15) is 13.2 Å². The van der Waals surface area contributed by atoms with E-state index in [-0.39, 0.29) is 11.9 Å². The van der Waals surface area contributed by atoms with Gasteiger partial charge in [0, 0.05) is 18.3 Å². The van der Waals surface area contributed by atoms with Crippen LogP contribution in [-0.4, -0.2) is 11.0 Å². The van der Waals surface area contributed by atoms with E-state index in [4.69, 9.17) is 10.5 Å². The van der Waals surface area contributed by atoms with Crippen LogP contribution in [0.5, 0.6) is 11.6 Å². The largest absolute Gasteiger partial charge is 0.439 e. The molecule has 0 bridgehead atoms. The summed E-state index contributed by atoms with van der Waals surface area (Å²) in [5.41, 5.74) is 7.49. The SMILES string of the molecule is NC1CCCC(=Cc2cccc(Oc3ccc(C(F)(F)F)cn3)c2)C1. The number of ether oxygens (including phenoxy) is 1. The fourth-order valence-electron chi connectivity index (χ4n) is 2.90. The molecule has 1 unspecified atom stereocenters. The van der Waals surface area contributed by atoms with Crippen molar-refractivity contribution in [2.75, 3.05) is 0 Å².